The van der Waals surface area contributed by atoms with Crippen molar-refractivity contribution in [3.05, 3.63) is 53.2 Å². The van der Waals surface area contributed by atoms with Crippen molar-refractivity contribution in [1.82, 2.24) is 4.98 Å². The van der Waals surface area contributed by atoms with Crippen molar-refractivity contribution in [3.8, 4) is 0 Å². The van der Waals surface area contributed by atoms with Gasteiger partial charge in [-0.15, -0.1) is 24.0 Å². The van der Waals surface area contributed by atoms with E-state index in [1.807, 2.05) is 12.3 Å². The van der Waals surface area contributed by atoms with E-state index in [0.29, 0.717) is 12.5 Å². The Morgan fingerprint density at radius 2 is 1.81 bits per heavy atom. The molecule has 0 saturated carbocycles. The molecule has 1 aliphatic heterocycles. The third kappa shape index (κ3) is 6.37. The van der Waals surface area contributed by atoms with Gasteiger partial charge in [0.2, 0.25) is 0 Å². The van der Waals surface area contributed by atoms with Gasteiger partial charge in [-0.25, -0.2) is 9.98 Å². The number of hydrogen-bond acceptors (Lipinski definition) is 3. The molecule has 2 heterocycles. The van der Waals surface area contributed by atoms with Gasteiger partial charge in [-0.3, -0.25) is 0 Å². The number of nitrogens with zero attached hydrogens (tertiary/aromatic N) is 3. The normalized spacial score (nSPS) is 15.0. The topological polar surface area (TPSA) is 66.5 Å². The molecule has 0 unspecified atom stereocenters. The zero-order valence-electron chi connectivity index (χ0n) is 16.2. The summed E-state index contributed by atoms with van der Waals surface area (Å²) in [7, 11) is 0. The molecule has 5 nitrogen and oxygen atoms in total. The fourth-order valence-corrected chi connectivity index (χ4v) is 3.18. The summed E-state index contributed by atoms with van der Waals surface area (Å²) in [5, 5.41) is 3.15. The van der Waals surface area contributed by atoms with E-state index in [0.717, 1.165) is 30.2 Å². The molecule has 1 aromatic heterocycles. The van der Waals surface area contributed by atoms with Crippen LogP contribution in [0.3, 0.4) is 0 Å². The lowest BCUT2D eigenvalue weighted by Gasteiger charge is -2.21. The molecule has 3 rings (SSSR count). The molecular formula is C21H30IN5. The SMILES string of the molecule is Cc1ccc(NC(N)=NCc2ccc(N3CCCCCC3)nc2)cc1C.I. The van der Waals surface area contributed by atoms with Crippen LogP contribution in [0.2, 0.25) is 0 Å². The van der Waals surface area contributed by atoms with Crippen LogP contribution in [0, 0.1) is 13.8 Å². The fourth-order valence-electron chi connectivity index (χ4n) is 3.18. The number of anilines is 2. The molecule has 2 aromatic rings. The molecule has 0 spiro atoms. The highest BCUT2D eigenvalue weighted by molar-refractivity contribution is 14.0. The molecular weight excluding hydrogens is 449 g/mol. The quantitative estimate of drug-likeness (QED) is 0.382. The van der Waals surface area contributed by atoms with Crippen LogP contribution in [0.15, 0.2) is 41.5 Å². The average Bonchev–Trinajstić information content (AvgIpc) is 2.93. The minimum absolute atomic E-state index is 0. The number of hydrogen-bond donors (Lipinski definition) is 2. The number of nitrogens with two attached hydrogens (primary N) is 1. The Morgan fingerprint density at radius 3 is 2.44 bits per heavy atom. The number of benzene rings is 1. The van der Waals surface area contributed by atoms with Crippen molar-refractivity contribution in [2.24, 2.45) is 10.7 Å². The summed E-state index contributed by atoms with van der Waals surface area (Å²) in [6.07, 6.45) is 7.09. The number of aromatic nitrogens is 1. The van der Waals surface area contributed by atoms with Gasteiger partial charge in [-0.2, -0.15) is 0 Å². The average molecular weight is 479 g/mol. The van der Waals surface area contributed by atoms with Crippen LogP contribution in [0.5, 0.6) is 0 Å². The molecule has 0 amide bonds. The first-order chi connectivity index (χ1) is 12.6. The van der Waals surface area contributed by atoms with Gasteiger partial charge in [-0.1, -0.05) is 25.0 Å². The number of rotatable bonds is 4. The van der Waals surface area contributed by atoms with Crippen LogP contribution >= 0.6 is 24.0 Å². The Morgan fingerprint density at radius 1 is 1.07 bits per heavy atom. The molecule has 0 atom stereocenters. The van der Waals surface area contributed by atoms with Crippen LogP contribution in [-0.2, 0) is 6.54 Å². The van der Waals surface area contributed by atoms with Crippen molar-refractivity contribution in [2.45, 2.75) is 46.1 Å². The van der Waals surface area contributed by atoms with Gasteiger partial charge < -0.3 is 16.0 Å². The predicted octanol–water partition coefficient (Wildman–Crippen LogP) is 4.62. The first-order valence-electron chi connectivity index (χ1n) is 9.46. The van der Waals surface area contributed by atoms with Crippen LogP contribution in [0.4, 0.5) is 11.5 Å². The van der Waals surface area contributed by atoms with Gasteiger partial charge in [0.25, 0.3) is 0 Å². The summed E-state index contributed by atoms with van der Waals surface area (Å²) in [6, 6.07) is 10.4. The fraction of sp³-hybridized carbons (Fsp3) is 0.429. The number of guanidine groups is 1. The molecule has 6 heteroatoms. The highest BCUT2D eigenvalue weighted by Crippen LogP contribution is 2.18. The highest BCUT2D eigenvalue weighted by atomic mass is 127. The second-order valence-corrected chi connectivity index (χ2v) is 7.05. The standard InChI is InChI=1S/C21H29N5.HI/c1-16-7-9-19(13-17(16)2)25-21(22)24-15-18-8-10-20(23-14-18)26-11-5-3-4-6-12-26;/h7-10,13-14H,3-6,11-12,15H2,1-2H3,(H3,22,24,25);1H. The highest BCUT2D eigenvalue weighted by Gasteiger charge is 2.10. The Bertz CT molecular complexity index is 750. The summed E-state index contributed by atoms with van der Waals surface area (Å²) >= 11 is 0. The Balaban J connectivity index is 0.00000261. The van der Waals surface area contributed by atoms with Gasteiger partial charge >= 0.3 is 0 Å². The Hall–Kier alpha value is -1.83. The molecule has 3 N–H and O–H groups in total. The van der Waals surface area contributed by atoms with Crippen LogP contribution in [-0.4, -0.2) is 24.0 Å². The monoisotopic (exact) mass is 479 g/mol. The Kier molecular flexibility index (Phi) is 8.34. The summed E-state index contributed by atoms with van der Waals surface area (Å²) in [5.41, 5.74) is 10.5. The molecule has 0 bridgehead atoms. The van der Waals surface area contributed by atoms with Gasteiger partial charge in [0, 0.05) is 25.0 Å². The van der Waals surface area contributed by atoms with E-state index in [1.165, 1.54) is 36.8 Å². The van der Waals surface area contributed by atoms with E-state index in [1.54, 1.807) is 0 Å². The minimum atomic E-state index is 0. The number of aliphatic imine (C=N–C) groups is 1. The van der Waals surface area contributed by atoms with Gasteiger partial charge in [-0.05, 0) is 61.6 Å². The maximum absolute atomic E-state index is 6.02. The van der Waals surface area contributed by atoms with E-state index in [9.17, 15) is 0 Å². The second kappa shape index (κ2) is 10.5. The number of halogens is 1. The van der Waals surface area contributed by atoms with Gasteiger partial charge in [0.05, 0.1) is 6.54 Å². The van der Waals surface area contributed by atoms with Gasteiger partial charge in [0.1, 0.15) is 5.82 Å². The van der Waals surface area contributed by atoms with Crippen molar-refractivity contribution in [1.29, 1.82) is 0 Å². The van der Waals surface area contributed by atoms with Gasteiger partial charge in [0.15, 0.2) is 5.96 Å². The van der Waals surface area contributed by atoms with Crippen molar-refractivity contribution < 1.29 is 0 Å². The summed E-state index contributed by atoms with van der Waals surface area (Å²) < 4.78 is 0. The third-order valence-electron chi connectivity index (χ3n) is 4.95. The lowest BCUT2D eigenvalue weighted by Crippen LogP contribution is -2.24. The number of aryl methyl sites for hydroxylation is 2. The maximum Gasteiger partial charge on any atom is 0.193 e. The third-order valence-corrected chi connectivity index (χ3v) is 4.95. The molecule has 0 radical (unpaired) electrons. The molecule has 1 saturated heterocycles. The van der Waals surface area contributed by atoms with E-state index in [2.05, 4.69) is 58.3 Å². The van der Waals surface area contributed by atoms with Crippen LogP contribution in [0.25, 0.3) is 0 Å². The van der Waals surface area contributed by atoms with E-state index in [4.69, 9.17) is 5.73 Å². The smallest absolute Gasteiger partial charge is 0.193 e. The molecule has 27 heavy (non-hydrogen) atoms. The first kappa shape index (κ1) is 21.5. The molecule has 146 valence electrons. The largest absolute Gasteiger partial charge is 0.370 e. The summed E-state index contributed by atoms with van der Waals surface area (Å²) in [5.74, 6) is 1.49. The lowest BCUT2D eigenvalue weighted by molar-refractivity contribution is 0.726. The summed E-state index contributed by atoms with van der Waals surface area (Å²) in [4.78, 5) is 11.4. The molecule has 1 fully saturated rings. The molecule has 1 aliphatic rings. The number of pyridine rings is 1. The van der Waals surface area contributed by atoms with Crippen molar-refractivity contribution in [3.63, 3.8) is 0 Å². The molecule has 1 aromatic carbocycles. The zero-order valence-corrected chi connectivity index (χ0v) is 18.6. The minimum Gasteiger partial charge on any atom is -0.370 e. The number of nitrogens with one attached hydrogen (secondary N) is 1. The van der Waals surface area contributed by atoms with E-state index >= 15 is 0 Å². The van der Waals surface area contributed by atoms with Crippen LogP contribution in [0.1, 0.15) is 42.4 Å². The van der Waals surface area contributed by atoms with E-state index in [-0.39, 0.29) is 24.0 Å². The summed E-state index contributed by atoms with van der Waals surface area (Å²) in [6.45, 7) is 6.93. The Labute approximate surface area is 179 Å². The second-order valence-electron chi connectivity index (χ2n) is 7.05. The van der Waals surface area contributed by atoms with E-state index < -0.39 is 0 Å². The predicted molar refractivity (Wildman–Crippen MR) is 125 cm³/mol. The van der Waals surface area contributed by atoms with Crippen molar-refractivity contribution >= 4 is 41.4 Å². The zero-order chi connectivity index (χ0) is 18.4. The maximum atomic E-state index is 6.02. The molecule has 0 aliphatic carbocycles. The van der Waals surface area contributed by atoms with Crippen LogP contribution < -0.4 is 16.0 Å². The van der Waals surface area contributed by atoms with Crippen molar-refractivity contribution in [2.75, 3.05) is 23.3 Å². The lowest BCUT2D eigenvalue weighted by atomic mass is 10.1. The first-order valence-corrected chi connectivity index (χ1v) is 9.46.